The Hall–Kier alpha value is -3.14. The van der Waals surface area contributed by atoms with Crippen LogP contribution in [0.5, 0.6) is 5.75 Å². The van der Waals surface area contributed by atoms with Gasteiger partial charge in [-0.05, 0) is 49.1 Å². The van der Waals surface area contributed by atoms with Gasteiger partial charge in [0.15, 0.2) is 0 Å². The average Bonchev–Trinajstić information content (AvgIpc) is 2.66. The number of nitrogens with zero attached hydrogens (tertiary/aromatic N) is 1. The van der Waals surface area contributed by atoms with Gasteiger partial charge in [0.05, 0.1) is 11.2 Å². The Morgan fingerprint density at radius 1 is 1.08 bits per heavy atom. The van der Waals surface area contributed by atoms with Gasteiger partial charge in [-0.3, -0.25) is 0 Å². The Morgan fingerprint density at radius 2 is 1.96 bits per heavy atom. The number of aliphatic carboxylic acids is 1. The molecule has 0 aliphatic heterocycles. The average molecular weight is 347 g/mol. The summed E-state index contributed by atoms with van der Waals surface area (Å²) in [6.07, 6.45) is 5.41. The van der Waals surface area contributed by atoms with Crippen molar-refractivity contribution in [3.05, 3.63) is 84.1 Å². The number of aromatic nitrogens is 1. The van der Waals surface area contributed by atoms with Crippen molar-refractivity contribution in [2.45, 2.75) is 25.9 Å². The fourth-order valence-electron chi connectivity index (χ4n) is 2.74. The van der Waals surface area contributed by atoms with Crippen LogP contribution in [0.1, 0.15) is 24.1 Å². The lowest BCUT2D eigenvalue weighted by molar-refractivity contribution is -0.131. The van der Waals surface area contributed by atoms with E-state index in [0.717, 1.165) is 41.6 Å². The largest absolute Gasteiger partial charge is 0.487 e. The number of hydrogen-bond acceptors (Lipinski definition) is 3. The molecule has 0 unspecified atom stereocenters. The summed E-state index contributed by atoms with van der Waals surface area (Å²) >= 11 is 0. The number of carboxylic acid groups (broad SMARTS) is 1. The molecule has 0 fully saturated rings. The molecule has 0 saturated heterocycles. The molecule has 0 spiro atoms. The number of aryl methyl sites for hydroxylation is 1. The summed E-state index contributed by atoms with van der Waals surface area (Å²) in [5.74, 6) is -0.0822. The molecule has 2 aromatic carbocycles. The molecule has 0 radical (unpaired) electrons. The summed E-state index contributed by atoms with van der Waals surface area (Å²) in [7, 11) is 0. The van der Waals surface area contributed by atoms with Gasteiger partial charge in [-0.2, -0.15) is 0 Å². The lowest BCUT2D eigenvalue weighted by atomic mass is 10.1. The topological polar surface area (TPSA) is 59.4 Å². The molecular weight excluding hydrogens is 326 g/mol. The number of allylic oxidation sites excluding steroid dienone is 1. The van der Waals surface area contributed by atoms with Crippen molar-refractivity contribution in [1.29, 1.82) is 0 Å². The predicted molar refractivity (Wildman–Crippen MR) is 102 cm³/mol. The highest BCUT2D eigenvalue weighted by Crippen LogP contribution is 2.18. The van der Waals surface area contributed by atoms with Crippen LogP contribution in [-0.2, 0) is 17.8 Å². The summed E-state index contributed by atoms with van der Waals surface area (Å²) in [5.41, 5.74) is 3.04. The number of benzene rings is 2. The fourth-order valence-corrected chi connectivity index (χ4v) is 2.74. The van der Waals surface area contributed by atoms with E-state index in [4.69, 9.17) is 9.84 Å². The first-order chi connectivity index (χ1) is 12.7. The molecule has 3 rings (SSSR count). The van der Waals surface area contributed by atoms with Gasteiger partial charge in [-0.15, -0.1) is 0 Å². The molecule has 1 heterocycles. The molecule has 0 atom stereocenters. The number of carbonyl (C=O) groups is 1. The van der Waals surface area contributed by atoms with Crippen molar-refractivity contribution in [3.63, 3.8) is 0 Å². The van der Waals surface area contributed by atoms with Crippen LogP contribution >= 0.6 is 0 Å². The molecule has 3 aromatic rings. The number of ether oxygens (including phenoxy) is 1. The van der Waals surface area contributed by atoms with Crippen LogP contribution in [0.2, 0.25) is 0 Å². The Labute approximate surface area is 152 Å². The maximum Gasteiger partial charge on any atom is 0.327 e. The SMILES string of the molecule is O=C(O)/C=C/CCCc1cccc(OCc2ccc3ccccc3n2)c1. The second-order valence-electron chi connectivity index (χ2n) is 6.06. The standard InChI is InChI=1S/C22H21NO3/c24-22(25)12-3-1-2-7-17-8-6-10-20(15-17)26-16-19-14-13-18-9-4-5-11-21(18)23-19/h3-6,8-15H,1-2,7,16H2,(H,24,25)/b12-3+. The van der Waals surface area contributed by atoms with Gasteiger partial charge in [-0.25, -0.2) is 9.78 Å². The van der Waals surface area contributed by atoms with Crippen molar-refractivity contribution in [1.82, 2.24) is 4.98 Å². The van der Waals surface area contributed by atoms with E-state index in [-0.39, 0.29) is 0 Å². The minimum Gasteiger partial charge on any atom is -0.487 e. The van der Waals surface area contributed by atoms with Crippen LogP contribution in [-0.4, -0.2) is 16.1 Å². The van der Waals surface area contributed by atoms with E-state index in [9.17, 15) is 4.79 Å². The molecule has 0 aliphatic rings. The quantitative estimate of drug-likeness (QED) is 0.471. The molecule has 0 bridgehead atoms. The van der Waals surface area contributed by atoms with Crippen molar-refractivity contribution in [2.24, 2.45) is 0 Å². The van der Waals surface area contributed by atoms with Crippen molar-refractivity contribution in [2.75, 3.05) is 0 Å². The van der Waals surface area contributed by atoms with Gasteiger partial charge in [0.2, 0.25) is 0 Å². The Balaban J connectivity index is 1.55. The molecule has 1 N–H and O–H groups in total. The van der Waals surface area contributed by atoms with Crippen LogP contribution in [0, 0.1) is 0 Å². The summed E-state index contributed by atoms with van der Waals surface area (Å²) in [5, 5.41) is 9.69. The predicted octanol–water partition coefficient (Wildman–Crippen LogP) is 4.78. The van der Waals surface area contributed by atoms with Gasteiger partial charge in [0.25, 0.3) is 0 Å². The minimum absolute atomic E-state index is 0.426. The molecular formula is C22H21NO3. The second kappa shape index (κ2) is 8.81. The second-order valence-corrected chi connectivity index (χ2v) is 6.06. The van der Waals surface area contributed by atoms with E-state index in [1.165, 1.54) is 11.6 Å². The number of para-hydroxylation sites is 1. The molecule has 0 aliphatic carbocycles. The monoisotopic (exact) mass is 347 g/mol. The summed E-state index contributed by atoms with van der Waals surface area (Å²) in [6, 6.07) is 20.1. The van der Waals surface area contributed by atoms with Crippen molar-refractivity contribution < 1.29 is 14.6 Å². The molecule has 1 aromatic heterocycles. The maximum atomic E-state index is 10.4. The smallest absolute Gasteiger partial charge is 0.327 e. The molecule has 4 heteroatoms. The molecule has 26 heavy (non-hydrogen) atoms. The Kier molecular flexibility index (Phi) is 5.99. The Bertz CT molecular complexity index is 918. The van der Waals surface area contributed by atoms with Crippen LogP contribution in [0.4, 0.5) is 0 Å². The molecule has 0 saturated carbocycles. The number of carboxylic acids is 1. The summed E-state index contributed by atoms with van der Waals surface area (Å²) in [6.45, 7) is 0.426. The molecule has 4 nitrogen and oxygen atoms in total. The zero-order valence-corrected chi connectivity index (χ0v) is 14.5. The van der Waals surface area contributed by atoms with E-state index in [1.807, 2.05) is 48.5 Å². The zero-order chi connectivity index (χ0) is 18.2. The number of hydrogen-bond donors (Lipinski definition) is 1. The van der Waals surface area contributed by atoms with Gasteiger partial charge in [-0.1, -0.05) is 42.5 Å². The normalized spacial score (nSPS) is 11.1. The van der Waals surface area contributed by atoms with Gasteiger partial charge in [0.1, 0.15) is 12.4 Å². The summed E-state index contributed by atoms with van der Waals surface area (Å²) < 4.78 is 5.89. The highest BCUT2D eigenvalue weighted by Gasteiger charge is 2.01. The third-order valence-electron chi connectivity index (χ3n) is 4.04. The number of fused-ring (bicyclic) bond motifs is 1. The van der Waals surface area contributed by atoms with Crippen LogP contribution in [0.25, 0.3) is 10.9 Å². The van der Waals surface area contributed by atoms with E-state index in [2.05, 4.69) is 17.1 Å². The lowest BCUT2D eigenvalue weighted by Gasteiger charge is -2.08. The Morgan fingerprint density at radius 3 is 2.85 bits per heavy atom. The van der Waals surface area contributed by atoms with Crippen molar-refractivity contribution in [3.8, 4) is 5.75 Å². The third-order valence-corrected chi connectivity index (χ3v) is 4.04. The first-order valence-corrected chi connectivity index (χ1v) is 8.66. The highest BCUT2D eigenvalue weighted by atomic mass is 16.5. The van der Waals surface area contributed by atoms with Crippen LogP contribution in [0.15, 0.2) is 72.8 Å². The van der Waals surface area contributed by atoms with E-state index < -0.39 is 5.97 Å². The van der Waals surface area contributed by atoms with E-state index in [1.54, 1.807) is 6.08 Å². The van der Waals surface area contributed by atoms with Gasteiger partial charge < -0.3 is 9.84 Å². The van der Waals surface area contributed by atoms with Gasteiger partial charge >= 0.3 is 5.97 Å². The molecule has 132 valence electrons. The first kappa shape index (κ1) is 17.7. The van der Waals surface area contributed by atoms with Crippen LogP contribution < -0.4 is 4.74 Å². The van der Waals surface area contributed by atoms with E-state index >= 15 is 0 Å². The van der Waals surface area contributed by atoms with E-state index in [0.29, 0.717) is 6.61 Å². The maximum absolute atomic E-state index is 10.4. The van der Waals surface area contributed by atoms with Gasteiger partial charge in [0, 0.05) is 11.5 Å². The number of unbranched alkanes of at least 4 members (excludes halogenated alkanes) is 1. The minimum atomic E-state index is -0.900. The highest BCUT2D eigenvalue weighted by molar-refractivity contribution is 5.79. The third kappa shape index (κ3) is 5.18. The van der Waals surface area contributed by atoms with Crippen molar-refractivity contribution >= 4 is 16.9 Å². The fraction of sp³-hybridized carbons (Fsp3) is 0.182. The zero-order valence-electron chi connectivity index (χ0n) is 14.5. The number of rotatable bonds is 8. The summed E-state index contributed by atoms with van der Waals surface area (Å²) in [4.78, 5) is 15.0. The molecule has 0 amide bonds. The lowest BCUT2D eigenvalue weighted by Crippen LogP contribution is -1.99. The number of pyridine rings is 1. The first-order valence-electron chi connectivity index (χ1n) is 8.66. The van der Waals surface area contributed by atoms with Crippen LogP contribution in [0.3, 0.4) is 0 Å².